The second-order valence-electron chi connectivity index (χ2n) is 6.07. The predicted octanol–water partition coefficient (Wildman–Crippen LogP) is 5.48. The van der Waals surface area contributed by atoms with Crippen molar-refractivity contribution >= 4 is 11.1 Å². The van der Waals surface area contributed by atoms with Crippen LogP contribution in [0.4, 0.5) is 0 Å². The summed E-state index contributed by atoms with van der Waals surface area (Å²) in [7, 11) is 0. The van der Waals surface area contributed by atoms with Crippen LogP contribution in [0.5, 0.6) is 0 Å². The van der Waals surface area contributed by atoms with Gasteiger partial charge in [-0.15, -0.1) is 0 Å². The van der Waals surface area contributed by atoms with Crippen LogP contribution in [0.25, 0.3) is 33.6 Å². The van der Waals surface area contributed by atoms with Gasteiger partial charge in [0.05, 0.1) is 11.1 Å². The highest BCUT2D eigenvalue weighted by Gasteiger charge is 2.21. The molecule has 4 rings (SSSR count). The zero-order valence-corrected chi connectivity index (χ0v) is 14.0. The van der Waals surface area contributed by atoms with Crippen molar-refractivity contribution in [2.45, 2.75) is 20.8 Å². The molecule has 0 saturated carbocycles. The van der Waals surface area contributed by atoms with Crippen LogP contribution in [-0.4, -0.2) is 9.97 Å². The van der Waals surface area contributed by atoms with E-state index < -0.39 is 0 Å². The van der Waals surface area contributed by atoms with E-state index in [1.165, 1.54) is 5.56 Å². The number of hydrogen-bond acceptors (Lipinski definition) is 3. The average Bonchev–Trinajstić information content (AvgIpc) is 2.96. The second kappa shape index (κ2) is 5.60. The van der Waals surface area contributed by atoms with E-state index in [0.29, 0.717) is 5.71 Å². The number of benzene rings is 2. The summed E-state index contributed by atoms with van der Waals surface area (Å²) < 4.78 is 6.19. The van der Waals surface area contributed by atoms with Gasteiger partial charge in [-0.05, 0) is 26.3 Å². The van der Waals surface area contributed by atoms with Crippen molar-refractivity contribution < 1.29 is 4.42 Å². The number of fused-ring (bicyclic) bond motifs is 1. The van der Waals surface area contributed by atoms with Crippen molar-refractivity contribution in [3.05, 3.63) is 71.7 Å². The van der Waals surface area contributed by atoms with E-state index in [2.05, 4.69) is 53.3 Å². The van der Waals surface area contributed by atoms with Crippen molar-refractivity contribution in [3.63, 3.8) is 0 Å². The Morgan fingerprint density at radius 1 is 0.750 bits per heavy atom. The first kappa shape index (κ1) is 14.6. The van der Waals surface area contributed by atoms with Crippen molar-refractivity contribution in [2.75, 3.05) is 0 Å². The summed E-state index contributed by atoms with van der Waals surface area (Å²) in [5.41, 5.74) is 6.04. The smallest absolute Gasteiger partial charge is 0.230 e. The fourth-order valence-corrected chi connectivity index (χ4v) is 3.09. The van der Waals surface area contributed by atoms with E-state index in [0.717, 1.165) is 39.4 Å². The molecular formula is C21H18N2O. The van der Waals surface area contributed by atoms with Crippen LogP contribution in [0.3, 0.4) is 0 Å². The number of nitrogens with zero attached hydrogens (tertiary/aromatic N) is 2. The molecule has 2 heterocycles. The van der Waals surface area contributed by atoms with Crippen LogP contribution >= 0.6 is 0 Å². The van der Waals surface area contributed by atoms with E-state index >= 15 is 0 Å². The first-order valence-corrected chi connectivity index (χ1v) is 8.03. The van der Waals surface area contributed by atoms with Gasteiger partial charge in [-0.1, -0.05) is 60.2 Å². The highest BCUT2D eigenvalue weighted by atomic mass is 16.3. The molecule has 118 valence electrons. The third-order valence-electron chi connectivity index (χ3n) is 4.22. The van der Waals surface area contributed by atoms with Gasteiger partial charge in [-0.25, -0.2) is 4.98 Å². The molecule has 0 saturated heterocycles. The lowest BCUT2D eigenvalue weighted by Gasteiger charge is -2.05. The molecule has 0 aliphatic rings. The molecular weight excluding hydrogens is 296 g/mol. The van der Waals surface area contributed by atoms with Gasteiger partial charge >= 0.3 is 0 Å². The van der Waals surface area contributed by atoms with E-state index in [1.807, 2.05) is 32.0 Å². The lowest BCUT2D eigenvalue weighted by atomic mass is 9.98. The lowest BCUT2D eigenvalue weighted by molar-refractivity contribution is 0.616. The first-order valence-electron chi connectivity index (χ1n) is 8.03. The third kappa shape index (κ3) is 2.38. The SMILES string of the molecule is Cc1ccc(-c2oc3nc(C)nc(C)c3c2-c2ccccc2)cc1. The molecule has 2 aromatic heterocycles. The highest BCUT2D eigenvalue weighted by Crippen LogP contribution is 2.41. The van der Waals surface area contributed by atoms with E-state index in [1.54, 1.807) is 0 Å². The topological polar surface area (TPSA) is 38.9 Å². The first-order chi connectivity index (χ1) is 11.6. The Bertz CT molecular complexity index is 1020. The highest BCUT2D eigenvalue weighted by molar-refractivity contribution is 6.01. The van der Waals surface area contributed by atoms with E-state index in [4.69, 9.17) is 4.42 Å². The van der Waals surface area contributed by atoms with Crippen LogP contribution in [-0.2, 0) is 0 Å². The molecule has 0 unspecified atom stereocenters. The van der Waals surface area contributed by atoms with E-state index in [-0.39, 0.29) is 0 Å². The quantitative estimate of drug-likeness (QED) is 0.491. The van der Waals surface area contributed by atoms with Gasteiger partial charge in [0, 0.05) is 11.1 Å². The van der Waals surface area contributed by atoms with Crippen LogP contribution in [0.15, 0.2) is 59.0 Å². The summed E-state index contributed by atoms with van der Waals surface area (Å²) in [6, 6.07) is 18.7. The Balaban J connectivity index is 2.09. The fourth-order valence-electron chi connectivity index (χ4n) is 3.09. The number of rotatable bonds is 2. The molecule has 0 atom stereocenters. The monoisotopic (exact) mass is 314 g/mol. The zero-order valence-electron chi connectivity index (χ0n) is 14.0. The second-order valence-corrected chi connectivity index (χ2v) is 6.07. The van der Waals surface area contributed by atoms with E-state index in [9.17, 15) is 0 Å². The molecule has 0 bridgehead atoms. The van der Waals surface area contributed by atoms with Gasteiger partial charge in [-0.3, -0.25) is 0 Å². The maximum Gasteiger partial charge on any atom is 0.230 e. The van der Waals surface area contributed by atoms with Gasteiger partial charge in [0.25, 0.3) is 0 Å². The molecule has 0 aliphatic heterocycles. The number of aromatic nitrogens is 2. The lowest BCUT2D eigenvalue weighted by Crippen LogP contribution is -1.91. The Hall–Kier alpha value is -2.94. The molecule has 24 heavy (non-hydrogen) atoms. The molecule has 3 nitrogen and oxygen atoms in total. The molecule has 0 radical (unpaired) electrons. The van der Waals surface area contributed by atoms with Crippen molar-refractivity contribution in [2.24, 2.45) is 0 Å². The third-order valence-corrected chi connectivity index (χ3v) is 4.22. The standard InChI is InChI=1S/C21H18N2O/c1-13-9-11-17(12-10-13)20-19(16-7-5-4-6-8-16)18-14(2)22-15(3)23-21(18)24-20/h4-12H,1-3H3. The Kier molecular flexibility index (Phi) is 3.42. The minimum absolute atomic E-state index is 0.648. The van der Waals surface area contributed by atoms with Gasteiger partial charge < -0.3 is 4.42 Å². The number of furan rings is 1. The molecule has 3 heteroatoms. The van der Waals surface area contributed by atoms with Gasteiger partial charge in [0.1, 0.15) is 11.6 Å². The summed E-state index contributed by atoms with van der Waals surface area (Å²) in [6.07, 6.45) is 0. The molecule has 0 N–H and O–H groups in total. The summed E-state index contributed by atoms with van der Waals surface area (Å²) in [5.74, 6) is 1.57. The average molecular weight is 314 g/mol. The van der Waals surface area contributed by atoms with Crippen molar-refractivity contribution in [1.29, 1.82) is 0 Å². The number of hydrogen-bond donors (Lipinski definition) is 0. The van der Waals surface area contributed by atoms with Gasteiger partial charge in [0.2, 0.25) is 5.71 Å². The van der Waals surface area contributed by atoms with Crippen LogP contribution in [0, 0.1) is 20.8 Å². The molecule has 0 spiro atoms. The maximum atomic E-state index is 6.19. The van der Waals surface area contributed by atoms with Crippen LogP contribution in [0.2, 0.25) is 0 Å². The predicted molar refractivity (Wildman–Crippen MR) is 96.9 cm³/mol. The minimum Gasteiger partial charge on any atom is -0.437 e. The fraction of sp³-hybridized carbons (Fsp3) is 0.143. The maximum absolute atomic E-state index is 6.19. The summed E-state index contributed by atoms with van der Waals surface area (Å²) in [4.78, 5) is 9.05. The summed E-state index contributed by atoms with van der Waals surface area (Å²) in [6.45, 7) is 5.99. The summed E-state index contributed by atoms with van der Waals surface area (Å²) in [5, 5.41) is 0.988. The van der Waals surface area contributed by atoms with Gasteiger partial charge in [-0.2, -0.15) is 4.98 Å². The molecule has 2 aromatic carbocycles. The summed E-state index contributed by atoms with van der Waals surface area (Å²) >= 11 is 0. The normalized spacial score (nSPS) is 11.1. The van der Waals surface area contributed by atoms with Crippen LogP contribution < -0.4 is 0 Å². The minimum atomic E-state index is 0.648. The molecule has 0 amide bonds. The number of aryl methyl sites for hydroxylation is 3. The molecule has 0 aliphatic carbocycles. The van der Waals surface area contributed by atoms with Gasteiger partial charge in [0.15, 0.2) is 0 Å². The van der Waals surface area contributed by atoms with Crippen molar-refractivity contribution in [1.82, 2.24) is 9.97 Å². The van der Waals surface area contributed by atoms with Crippen molar-refractivity contribution in [3.8, 4) is 22.5 Å². The Labute approximate surface area is 141 Å². The molecule has 0 fully saturated rings. The van der Waals surface area contributed by atoms with Crippen LogP contribution in [0.1, 0.15) is 17.1 Å². The largest absolute Gasteiger partial charge is 0.437 e. The Morgan fingerprint density at radius 3 is 2.17 bits per heavy atom. The Morgan fingerprint density at radius 2 is 1.46 bits per heavy atom. The molecule has 4 aromatic rings. The zero-order chi connectivity index (χ0) is 16.7.